The lowest BCUT2D eigenvalue weighted by molar-refractivity contribution is 0.304. The van der Waals surface area contributed by atoms with Crippen LogP contribution in [0.4, 0.5) is 11.4 Å². The topological polar surface area (TPSA) is 51.1 Å². The number of nitrogens with one attached hydrogen (secondary N) is 1. The molecule has 2 heterocycles. The zero-order valence-electron chi connectivity index (χ0n) is 14.1. The molecule has 0 aliphatic carbocycles. The SMILES string of the molecule is CN(CCO)c1ccc(C2Nc3cc(Cl)ccc3C3=NCCN32)cc1. The summed E-state index contributed by atoms with van der Waals surface area (Å²) in [4.78, 5) is 9.04. The van der Waals surface area contributed by atoms with Crippen LogP contribution < -0.4 is 10.2 Å². The average Bonchev–Trinajstić information content (AvgIpc) is 3.11. The Labute approximate surface area is 152 Å². The number of fused-ring (bicyclic) bond motifs is 3. The van der Waals surface area contributed by atoms with Gasteiger partial charge in [0.1, 0.15) is 12.0 Å². The predicted molar refractivity (Wildman–Crippen MR) is 103 cm³/mol. The fourth-order valence-corrected chi connectivity index (χ4v) is 3.63. The molecule has 1 atom stereocenters. The molecule has 2 aromatic carbocycles. The number of amidine groups is 1. The van der Waals surface area contributed by atoms with Crippen LogP contribution >= 0.6 is 11.6 Å². The van der Waals surface area contributed by atoms with E-state index in [9.17, 15) is 0 Å². The zero-order chi connectivity index (χ0) is 17.4. The Morgan fingerprint density at radius 2 is 2.08 bits per heavy atom. The van der Waals surface area contributed by atoms with Crippen molar-refractivity contribution in [1.29, 1.82) is 0 Å². The average molecular weight is 357 g/mol. The van der Waals surface area contributed by atoms with Crippen LogP contribution in [0.1, 0.15) is 17.3 Å². The molecule has 2 aliphatic rings. The number of nitrogens with zero attached hydrogens (tertiary/aromatic N) is 3. The molecule has 0 amide bonds. The lowest BCUT2D eigenvalue weighted by atomic mass is 10.0. The van der Waals surface area contributed by atoms with Gasteiger partial charge >= 0.3 is 0 Å². The zero-order valence-corrected chi connectivity index (χ0v) is 14.9. The van der Waals surface area contributed by atoms with Crippen molar-refractivity contribution in [1.82, 2.24) is 4.90 Å². The van der Waals surface area contributed by atoms with Crippen molar-refractivity contribution in [2.45, 2.75) is 6.17 Å². The number of halogens is 1. The van der Waals surface area contributed by atoms with Crippen LogP contribution in [0.15, 0.2) is 47.5 Å². The van der Waals surface area contributed by atoms with E-state index < -0.39 is 0 Å². The molecule has 6 heteroatoms. The van der Waals surface area contributed by atoms with Gasteiger partial charge in [0.05, 0.1) is 13.2 Å². The first kappa shape index (κ1) is 16.2. The predicted octanol–water partition coefficient (Wildman–Crippen LogP) is 2.96. The first-order valence-corrected chi connectivity index (χ1v) is 8.84. The van der Waals surface area contributed by atoms with Crippen molar-refractivity contribution in [3.05, 3.63) is 58.6 Å². The number of benzene rings is 2. The monoisotopic (exact) mass is 356 g/mol. The molecule has 0 saturated heterocycles. The summed E-state index contributed by atoms with van der Waals surface area (Å²) in [7, 11) is 1.98. The molecule has 1 unspecified atom stereocenters. The van der Waals surface area contributed by atoms with Crippen LogP contribution in [-0.2, 0) is 0 Å². The van der Waals surface area contributed by atoms with E-state index in [2.05, 4.69) is 34.5 Å². The molecule has 0 bridgehead atoms. The summed E-state index contributed by atoms with van der Waals surface area (Å²) in [5.74, 6) is 1.04. The first-order valence-electron chi connectivity index (χ1n) is 8.47. The van der Waals surface area contributed by atoms with Crippen molar-refractivity contribution in [3.63, 3.8) is 0 Å². The van der Waals surface area contributed by atoms with Crippen molar-refractivity contribution in [2.75, 3.05) is 43.5 Å². The third kappa shape index (κ3) is 2.94. The van der Waals surface area contributed by atoms with Crippen molar-refractivity contribution >= 4 is 28.8 Å². The van der Waals surface area contributed by atoms with Crippen LogP contribution in [0.25, 0.3) is 0 Å². The smallest absolute Gasteiger partial charge is 0.135 e. The number of aliphatic hydroxyl groups is 1. The number of hydrogen-bond acceptors (Lipinski definition) is 5. The van der Waals surface area contributed by atoms with E-state index in [1.54, 1.807) is 0 Å². The quantitative estimate of drug-likeness (QED) is 0.884. The molecule has 130 valence electrons. The third-order valence-electron chi connectivity index (χ3n) is 4.79. The molecule has 2 N–H and O–H groups in total. The summed E-state index contributed by atoms with van der Waals surface area (Å²) in [6.45, 7) is 2.48. The number of rotatable bonds is 4. The number of likely N-dealkylation sites (N-methyl/N-ethyl adjacent to an activating group) is 1. The summed E-state index contributed by atoms with van der Waals surface area (Å²) in [6.07, 6.45) is 0.0458. The fraction of sp³-hybridized carbons (Fsp3) is 0.316. The van der Waals surface area contributed by atoms with Crippen LogP contribution in [0.2, 0.25) is 5.02 Å². The minimum absolute atomic E-state index is 0.0458. The van der Waals surface area contributed by atoms with E-state index in [-0.39, 0.29) is 12.8 Å². The maximum absolute atomic E-state index is 9.09. The van der Waals surface area contributed by atoms with Crippen LogP contribution in [-0.4, -0.2) is 49.1 Å². The Balaban J connectivity index is 1.66. The van der Waals surface area contributed by atoms with Gasteiger partial charge in [-0.05, 0) is 35.9 Å². The largest absolute Gasteiger partial charge is 0.395 e. The van der Waals surface area contributed by atoms with E-state index in [0.717, 1.165) is 40.9 Å². The summed E-state index contributed by atoms with van der Waals surface area (Å²) >= 11 is 6.18. The van der Waals surface area contributed by atoms with E-state index in [4.69, 9.17) is 21.7 Å². The van der Waals surface area contributed by atoms with Gasteiger partial charge in [0.15, 0.2) is 0 Å². The highest BCUT2D eigenvalue weighted by atomic mass is 35.5. The second-order valence-electron chi connectivity index (χ2n) is 6.37. The van der Waals surface area contributed by atoms with E-state index >= 15 is 0 Å². The second-order valence-corrected chi connectivity index (χ2v) is 6.81. The molecular formula is C19H21ClN4O. The summed E-state index contributed by atoms with van der Waals surface area (Å²) in [5, 5.41) is 13.4. The number of aliphatic imine (C=N–C) groups is 1. The summed E-state index contributed by atoms with van der Waals surface area (Å²) in [5.41, 5.74) is 4.40. The molecule has 25 heavy (non-hydrogen) atoms. The highest BCUT2D eigenvalue weighted by Gasteiger charge is 2.33. The molecular weight excluding hydrogens is 336 g/mol. The van der Waals surface area contributed by atoms with Gasteiger partial charge in [-0.3, -0.25) is 4.99 Å². The second kappa shape index (κ2) is 6.58. The molecule has 0 aromatic heterocycles. The Morgan fingerprint density at radius 1 is 1.28 bits per heavy atom. The van der Waals surface area contributed by atoms with Crippen molar-refractivity contribution < 1.29 is 5.11 Å². The van der Waals surface area contributed by atoms with Gasteiger partial charge in [-0.2, -0.15) is 0 Å². The highest BCUT2D eigenvalue weighted by molar-refractivity contribution is 6.31. The van der Waals surface area contributed by atoms with Gasteiger partial charge in [-0.25, -0.2) is 0 Å². The lowest BCUT2D eigenvalue weighted by Gasteiger charge is -2.38. The maximum Gasteiger partial charge on any atom is 0.135 e. The van der Waals surface area contributed by atoms with Crippen LogP contribution in [0.5, 0.6) is 0 Å². The standard InChI is InChI=1S/C19H21ClN4O/c1-23(10-11-25)15-5-2-13(3-6-15)18-22-17-12-14(20)4-7-16(17)19-21-8-9-24(18)19/h2-7,12,18,22,25H,8-11H2,1H3. The van der Waals surface area contributed by atoms with E-state index in [0.29, 0.717) is 6.54 Å². The molecule has 4 rings (SSSR count). The number of anilines is 2. The molecule has 0 saturated carbocycles. The molecule has 0 fully saturated rings. The first-order chi connectivity index (χ1) is 12.2. The van der Waals surface area contributed by atoms with Gasteiger partial charge in [-0.1, -0.05) is 23.7 Å². The normalized spacial score (nSPS) is 18.3. The van der Waals surface area contributed by atoms with Crippen LogP contribution in [0, 0.1) is 0 Å². The van der Waals surface area contributed by atoms with Gasteiger partial charge < -0.3 is 20.2 Å². The Kier molecular flexibility index (Phi) is 4.27. The molecule has 2 aliphatic heterocycles. The minimum Gasteiger partial charge on any atom is -0.395 e. The van der Waals surface area contributed by atoms with Gasteiger partial charge in [0.2, 0.25) is 0 Å². The van der Waals surface area contributed by atoms with Crippen molar-refractivity contribution in [3.8, 4) is 0 Å². The summed E-state index contributed by atoms with van der Waals surface area (Å²) in [6, 6.07) is 14.3. The molecule has 0 radical (unpaired) electrons. The number of hydrogen-bond donors (Lipinski definition) is 2. The highest BCUT2D eigenvalue weighted by Crippen LogP contribution is 2.36. The Bertz CT molecular complexity index is 806. The van der Waals surface area contributed by atoms with E-state index in [1.807, 2.05) is 30.1 Å². The number of aliphatic hydroxyl groups excluding tert-OH is 1. The summed E-state index contributed by atoms with van der Waals surface area (Å²) < 4.78 is 0. The molecule has 2 aromatic rings. The van der Waals surface area contributed by atoms with E-state index in [1.165, 1.54) is 5.56 Å². The lowest BCUT2D eigenvalue weighted by Crippen LogP contribution is -2.41. The Morgan fingerprint density at radius 3 is 2.84 bits per heavy atom. The van der Waals surface area contributed by atoms with Gasteiger partial charge in [-0.15, -0.1) is 0 Å². The minimum atomic E-state index is 0.0458. The van der Waals surface area contributed by atoms with Crippen LogP contribution in [0.3, 0.4) is 0 Å². The molecule has 0 spiro atoms. The third-order valence-corrected chi connectivity index (χ3v) is 5.02. The maximum atomic E-state index is 9.09. The molecule has 5 nitrogen and oxygen atoms in total. The van der Waals surface area contributed by atoms with Crippen molar-refractivity contribution in [2.24, 2.45) is 4.99 Å². The Hall–Kier alpha value is -2.24. The van der Waals surface area contributed by atoms with Gasteiger partial charge in [0.25, 0.3) is 0 Å². The van der Waals surface area contributed by atoms with Gasteiger partial charge in [0, 0.05) is 42.1 Å². The fourth-order valence-electron chi connectivity index (χ4n) is 3.46.